The zero-order valence-corrected chi connectivity index (χ0v) is 12.4. The Morgan fingerprint density at radius 3 is 2.20 bits per heavy atom. The van der Waals surface area contributed by atoms with Crippen molar-refractivity contribution in [3.05, 3.63) is 58.1 Å². The molecule has 0 atom stereocenters. The van der Waals surface area contributed by atoms with Crippen molar-refractivity contribution >= 4 is 40.5 Å². The van der Waals surface area contributed by atoms with Gasteiger partial charge in [0.05, 0.1) is 15.7 Å². The van der Waals surface area contributed by atoms with Crippen molar-refractivity contribution in [1.82, 2.24) is 0 Å². The molecule has 0 heterocycles. The van der Waals surface area contributed by atoms with Crippen molar-refractivity contribution in [3.63, 3.8) is 0 Å². The molecule has 0 fully saturated rings. The van der Waals surface area contributed by atoms with E-state index in [9.17, 15) is 4.79 Å². The predicted octanol–water partition coefficient (Wildman–Crippen LogP) is 4.56. The fourth-order valence-corrected chi connectivity index (χ4v) is 2.30. The molecule has 20 heavy (non-hydrogen) atoms. The maximum atomic E-state index is 10.9. The van der Waals surface area contributed by atoms with Crippen LogP contribution in [0.5, 0.6) is 0 Å². The van der Waals surface area contributed by atoms with Crippen LogP contribution in [0.1, 0.15) is 12.5 Å². The lowest BCUT2D eigenvalue weighted by atomic mass is 10.2. The summed E-state index contributed by atoms with van der Waals surface area (Å²) in [6.45, 7) is 2.08. The van der Waals surface area contributed by atoms with Gasteiger partial charge in [0.15, 0.2) is 0 Å². The zero-order valence-electron chi connectivity index (χ0n) is 10.9. The van der Waals surface area contributed by atoms with Crippen molar-refractivity contribution in [2.24, 2.45) is 0 Å². The first-order valence-corrected chi connectivity index (χ1v) is 6.86. The number of benzene rings is 2. The van der Waals surface area contributed by atoms with E-state index in [4.69, 9.17) is 23.2 Å². The van der Waals surface area contributed by atoms with Gasteiger partial charge in [0, 0.05) is 19.2 Å². The highest BCUT2D eigenvalue weighted by molar-refractivity contribution is 6.39. The Balaban J connectivity index is 2.02. The number of nitrogens with one attached hydrogen (secondary N) is 2. The van der Waals surface area contributed by atoms with Gasteiger partial charge in [-0.3, -0.25) is 4.79 Å². The topological polar surface area (TPSA) is 41.1 Å². The number of para-hydroxylation sites is 1. The lowest BCUT2D eigenvalue weighted by Gasteiger charge is -2.10. The Hall–Kier alpha value is -1.71. The predicted molar refractivity (Wildman–Crippen MR) is 84.5 cm³/mol. The van der Waals surface area contributed by atoms with Gasteiger partial charge in [0.1, 0.15) is 0 Å². The molecule has 104 valence electrons. The summed E-state index contributed by atoms with van der Waals surface area (Å²) in [4.78, 5) is 10.9. The van der Waals surface area contributed by atoms with E-state index in [0.717, 1.165) is 16.9 Å². The molecule has 0 saturated carbocycles. The number of hydrogen-bond donors (Lipinski definition) is 2. The van der Waals surface area contributed by atoms with Crippen LogP contribution in [0, 0.1) is 0 Å². The van der Waals surface area contributed by atoms with Crippen molar-refractivity contribution in [2.75, 3.05) is 10.6 Å². The standard InChI is InChI=1S/C15H14Cl2N2O/c1-10(20)19-12-7-5-11(6-8-12)9-18-15-13(16)3-2-4-14(15)17/h2-8,18H,9H2,1H3,(H,19,20). The Bertz CT molecular complexity index is 592. The highest BCUT2D eigenvalue weighted by Gasteiger charge is 2.04. The maximum Gasteiger partial charge on any atom is 0.221 e. The second-order valence-electron chi connectivity index (χ2n) is 4.33. The third kappa shape index (κ3) is 3.89. The molecule has 2 aromatic carbocycles. The maximum absolute atomic E-state index is 10.9. The largest absolute Gasteiger partial charge is 0.379 e. The molecule has 0 radical (unpaired) electrons. The molecule has 0 aliphatic carbocycles. The first kappa shape index (κ1) is 14.7. The SMILES string of the molecule is CC(=O)Nc1ccc(CNc2c(Cl)cccc2Cl)cc1. The monoisotopic (exact) mass is 308 g/mol. The summed E-state index contributed by atoms with van der Waals surface area (Å²) in [6.07, 6.45) is 0. The van der Waals surface area contributed by atoms with Gasteiger partial charge in [-0.2, -0.15) is 0 Å². The van der Waals surface area contributed by atoms with Gasteiger partial charge in [0.25, 0.3) is 0 Å². The third-order valence-electron chi connectivity index (χ3n) is 2.71. The van der Waals surface area contributed by atoms with E-state index in [1.54, 1.807) is 18.2 Å². The summed E-state index contributed by atoms with van der Waals surface area (Å²) in [6, 6.07) is 13.0. The Kier molecular flexibility index (Phi) is 4.88. The number of carbonyl (C=O) groups is 1. The van der Waals surface area contributed by atoms with E-state index in [-0.39, 0.29) is 5.91 Å². The van der Waals surface area contributed by atoms with E-state index >= 15 is 0 Å². The van der Waals surface area contributed by atoms with Gasteiger partial charge in [-0.25, -0.2) is 0 Å². The van der Waals surface area contributed by atoms with Crippen LogP contribution in [0.2, 0.25) is 10.0 Å². The summed E-state index contributed by atoms with van der Waals surface area (Å²) in [5.74, 6) is -0.0845. The van der Waals surface area contributed by atoms with Crippen LogP contribution >= 0.6 is 23.2 Å². The molecule has 1 amide bonds. The van der Waals surface area contributed by atoms with Gasteiger partial charge in [-0.05, 0) is 29.8 Å². The van der Waals surface area contributed by atoms with Crippen LogP contribution in [0.15, 0.2) is 42.5 Å². The number of amides is 1. The van der Waals surface area contributed by atoms with Crippen LogP contribution in [-0.2, 0) is 11.3 Å². The number of carbonyl (C=O) groups excluding carboxylic acids is 1. The Morgan fingerprint density at radius 2 is 1.65 bits per heavy atom. The second-order valence-corrected chi connectivity index (χ2v) is 5.14. The van der Waals surface area contributed by atoms with Crippen LogP contribution in [0.3, 0.4) is 0 Å². The van der Waals surface area contributed by atoms with Gasteiger partial charge in [-0.15, -0.1) is 0 Å². The number of halogens is 2. The second kappa shape index (κ2) is 6.64. The van der Waals surface area contributed by atoms with Crippen molar-refractivity contribution < 1.29 is 4.79 Å². The number of anilines is 2. The van der Waals surface area contributed by atoms with Gasteiger partial charge in [0.2, 0.25) is 5.91 Å². The minimum atomic E-state index is -0.0845. The van der Waals surface area contributed by atoms with Crippen LogP contribution in [-0.4, -0.2) is 5.91 Å². The minimum Gasteiger partial charge on any atom is -0.379 e. The fourth-order valence-electron chi connectivity index (χ4n) is 1.77. The molecular weight excluding hydrogens is 295 g/mol. The summed E-state index contributed by atoms with van der Waals surface area (Å²) < 4.78 is 0. The molecule has 0 saturated heterocycles. The summed E-state index contributed by atoms with van der Waals surface area (Å²) in [5.41, 5.74) is 2.56. The molecule has 0 aromatic heterocycles. The van der Waals surface area contributed by atoms with Crippen LogP contribution < -0.4 is 10.6 Å². The highest BCUT2D eigenvalue weighted by atomic mass is 35.5. The van der Waals surface area contributed by atoms with E-state index in [2.05, 4.69) is 10.6 Å². The van der Waals surface area contributed by atoms with Gasteiger partial charge in [-0.1, -0.05) is 41.4 Å². The molecule has 0 aliphatic heterocycles. The Morgan fingerprint density at radius 1 is 1.05 bits per heavy atom. The molecule has 2 rings (SSSR count). The third-order valence-corrected chi connectivity index (χ3v) is 3.34. The molecule has 5 heteroatoms. The first-order chi connectivity index (χ1) is 9.56. The molecule has 0 spiro atoms. The average Bonchev–Trinajstić information content (AvgIpc) is 2.39. The van der Waals surface area contributed by atoms with E-state index in [1.165, 1.54) is 6.92 Å². The Labute approximate surface area is 127 Å². The molecule has 0 unspecified atom stereocenters. The van der Waals surface area contributed by atoms with Crippen molar-refractivity contribution in [2.45, 2.75) is 13.5 Å². The van der Waals surface area contributed by atoms with E-state index < -0.39 is 0 Å². The smallest absolute Gasteiger partial charge is 0.221 e. The average molecular weight is 309 g/mol. The summed E-state index contributed by atoms with van der Waals surface area (Å²) >= 11 is 12.2. The van der Waals surface area contributed by atoms with Crippen molar-refractivity contribution in [1.29, 1.82) is 0 Å². The molecule has 0 bridgehead atoms. The lowest BCUT2D eigenvalue weighted by molar-refractivity contribution is -0.114. The molecule has 3 nitrogen and oxygen atoms in total. The zero-order chi connectivity index (χ0) is 14.5. The van der Waals surface area contributed by atoms with Crippen LogP contribution in [0.4, 0.5) is 11.4 Å². The molecule has 0 aliphatic rings. The highest BCUT2D eigenvalue weighted by Crippen LogP contribution is 2.30. The lowest BCUT2D eigenvalue weighted by Crippen LogP contribution is -2.06. The minimum absolute atomic E-state index is 0.0845. The number of rotatable bonds is 4. The summed E-state index contributed by atoms with van der Waals surface area (Å²) in [5, 5.41) is 7.11. The quantitative estimate of drug-likeness (QED) is 0.869. The normalized spacial score (nSPS) is 10.2. The molecule has 2 N–H and O–H groups in total. The molecule has 2 aromatic rings. The number of hydrogen-bond acceptors (Lipinski definition) is 2. The fraction of sp³-hybridized carbons (Fsp3) is 0.133. The van der Waals surface area contributed by atoms with Gasteiger partial charge >= 0.3 is 0 Å². The summed E-state index contributed by atoms with van der Waals surface area (Å²) in [7, 11) is 0. The van der Waals surface area contributed by atoms with E-state index in [1.807, 2.05) is 24.3 Å². The molecular formula is C15H14Cl2N2O. The van der Waals surface area contributed by atoms with Crippen molar-refractivity contribution in [3.8, 4) is 0 Å². The van der Waals surface area contributed by atoms with E-state index in [0.29, 0.717) is 16.6 Å². The van der Waals surface area contributed by atoms with Gasteiger partial charge < -0.3 is 10.6 Å². The first-order valence-electron chi connectivity index (χ1n) is 6.10. The van der Waals surface area contributed by atoms with Crippen LogP contribution in [0.25, 0.3) is 0 Å².